The third-order valence-corrected chi connectivity index (χ3v) is 3.74. The van der Waals surface area contributed by atoms with Crippen LogP contribution in [0.2, 0.25) is 10.0 Å². The van der Waals surface area contributed by atoms with Crippen molar-refractivity contribution in [3.63, 3.8) is 0 Å². The molecule has 2 aromatic rings. The number of benzene rings is 1. The van der Waals surface area contributed by atoms with Gasteiger partial charge in [-0.2, -0.15) is 0 Å². The molecule has 4 heteroatoms. The number of aliphatic hydroxyl groups is 1. The van der Waals surface area contributed by atoms with Gasteiger partial charge in [0.1, 0.15) is 6.10 Å². The summed E-state index contributed by atoms with van der Waals surface area (Å²) in [6, 6.07) is 9.83. The fourth-order valence-corrected chi connectivity index (χ4v) is 2.53. The standard InChI is InChI=1S/C16H17Cl2NO/c1-10(2)12-5-3-11(4-6-12)7-15(20)16-14(18)8-13(17)9-19-16/h3-6,8-10,15,20H,7H2,1-2H3. The van der Waals surface area contributed by atoms with Gasteiger partial charge in [-0.25, -0.2) is 0 Å². The molecule has 106 valence electrons. The molecule has 0 spiro atoms. The molecule has 0 saturated heterocycles. The first-order chi connectivity index (χ1) is 9.47. The van der Waals surface area contributed by atoms with E-state index in [0.717, 1.165) is 5.56 Å². The van der Waals surface area contributed by atoms with Gasteiger partial charge in [0.05, 0.1) is 15.7 Å². The summed E-state index contributed by atoms with van der Waals surface area (Å²) in [7, 11) is 0. The third kappa shape index (κ3) is 3.72. The van der Waals surface area contributed by atoms with Gasteiger partial charge in [-0.1, -0.05) is 61.3 Å². The highest BCUT2D eigenvalue weighted by Crippen LogP contribution is 2.26. The van der Waals surface area contributed by atoms with Crippen LogP contribution in [0, 0.1) is 0 Å². The average Bonchev–Trinajstić information content (AvgIpc) is 2.39. The second kappa shape index (κ2) is 6.57. The van der Waals surface area contributed by atoms with Crippen molar-refractivity contribution >= 4 is 23.2 Å². The lowest BCUT2D eigenvalue weighted by Crippen LogP contribution is -2.05. The van der Waals surface area contributed by atoms with E-state index < -0.39 is 6.10 Å². The summed E-state index contributed by atoms with van der Waals surface area (Å²) in [5, 5.41) is 11.1. The van der Waals surface area contributed by atoms with Gasteiger partial charge >= 0.3 is 0 Å². The Morgan fingerprint density at radius 3 is 2.35 bits per heavy atom. The zero-order valence-corrected chi connectivity index (χ0v) is 13.0. The van der Waals surface area contributed by atoms with E-state index in [-0.39, 0.29) is 0 Å². The summed E-state index contributed by atoms with van der Waals surface area (Å²) in [6.07, 6.45) is 1.24. The predicted molar refractivity (Wildman–Crippen MR) is 83.5 cm³/mol. The minimum atomic E-state index is -0.732. The Labute approximate surface area is 129 Å². The van der Waals surface area contributed by atoms with Crippen LogP contribution in [0.4, 0.5) is 0 Å². The Morgan fingerprint density at radius 2 is 1.80 bits per heavy atom. The van der Waals surface area contributed by atoms with Crippen molar-refractivity contribution in [1.82, 2.24) is 4.98 Å². The van der Waals surface area contributed by atoms with Gasteiger partial charge in [-0.05, 0) is 23.1 Å². The average molecular weight is 310 g/mol. The van der Waals surface area contributed by atoms with Crippen molar-refractivity contribution in [3.8, 4) is 0 Å². The van der Waals surface area contributed by atoms with E-state index in [9.17, 15) is 5.11 Å². The minimum absolute atomic E-state index is 0.392. The molecule has 1 aromatic carbocycles. The third-order valence-electron chi connectivity index (χ3n) is 3.23. The van der Waals surface area contributed by atoms with E-state index in [1.165, 1.54) is 11.8 Å². The Hall–Kier alpha value is -1.09. The molecule has 2 rings (SSSR count). The number of rotatable bonds is 4. The molecule has 1 heterocycles. The van der Waals surface area contributed by atoms with Crippen LogP contribution in [0.15, 0.2) is 36.5 Å². The summed E-state index contributed by atoms with van der Waals surface area (Å²) in [4.78, 5) is 4.11. The molecular formula is C16H17Cl2NO. The minimum Gasteiger partial charge on any atom is -0.386 e. The van der Waals surface area contributed by atoms with Crippen molar-refractivity contribution in [2.24, 2.45) is 0 Å². The van der Waals surface area contributed by atoms with Crippen molar-refractivity contribution < 1.29 is 5.11 Å². The fraction of sp³-hybridized carbons (Fsp3) is 0.312. The van der Waals surface area contributed by atoms with Crippen LogP contribution in [-0.4, -0.2) is 10.1 Å². The molecule has 0 aliphatic heterocycles. The van der Waals surface area contributed by atoms with Crippen molar-refractivity contribution in [2.45, 2.75) is 32.3 Å². The maximum absolute atomic E-state index is 10.2. The SMILES string of the molecule is CC(C)c1ccc(CC(O)c2ncc(Cl)cc2Cl)cc1. The first-order valence-corrected chi connectivity index (χ1v) is 7.31. The molecule has 0 amide bonds. The van der Waals surface area contributed by atoms with Gasteiger partial charge in [-0.3, -0.25) is 4.98 Å². The molecule has 1 unspecified atom stereocenters. The van der Waals surface area contributed by atoms with Crippen LogP contribution in [0.3, 0.4) is 0 Å². The molecule has 20 heavy (non-hydrogen) atoms. The van der Waals surface area contributed by atoms with Crippen LogP contribution in [-0.2, 0) is 6.42 Å². The molecule has 1 atom stereocenters. The highest BCUT2D eigenvalue weighted by molar-refractivity contribution is 6.34. The molecule has 0 aliphatic carbocycles. The van der Waals surface area contributed by atoms with Gasteiger partial charge in [0.25, 0.3) is 0 Å². The zero-order chi connectivity index (χ0) is 14.7. The van der Waals surface area contributed by atoms with Gasteiger partial charge < -0.3 is 5.11 Å². The predicted octanol–water partition coefficient (Wildman–Crippen LogP) is 4.79. The number of hydrogen-bond acceptors (Lipinski definition) is 2. The van der Waals surface area contributed by atoms with Crippen LogP contribution in [0.1, 0.15) is 42.7 Å². The zero-order valence-electron chi connectivity index (χ0n) is 11.5. The van der Waals surface area contributed by atoms with E-state index in [1.807, 2.05) is 12.1 Å². The number of hydrogen-bond donors (Lipinski definition) is 1. The number of halogens is 2. The molecule has 1 aromatic heterocycles. The van der Waals surface area contributed by atoms with Crippen molar-refractivity contribution in [3.05, 3.63) is 63.4 Å². The number of aliphatic hydroxyl groups excluding tert-OH is 1. The molecule has 0 bridgehead atoms. The lowest BCUT2D eigenvalue weighted by Gasteiger charge is -2.13. The first-order valence-electron chi connectivity index (χ1n) is 6.55. The van der Waals surface area contributed by atoms with Crippen LogP contribution < -0.4 is 0 Å². The maximum atomic E-state index is 10.2. The maximum Gasteiger partial charge on any atom is 0.101 e. The Morgan fingerprint density at radius 1 is 1.15 bits per heavy atom. The van der Waals surface area contributed by atoms with E-state index in [2.05, 4.69) is 31.0 Å². The highest BCUT2D eigenvalue weighted by Gasteiger charge is 2.14. The van der Waals surface area contributed by atoms with Crippen LogP contribution in [0.5, 0.6) is 0 Å². The fourth-order valence-electron chi connectivity index (χ4n) is 2.03. The lowest BCUT2D eigenvalue weighted by molar-refractivity contribution is 0.173. The van der Waals surface area contributed by atoms with E-state index >= 15 is 0 Å². The molecular weight excluding hydrogens is 293 g/mol. The van der Waals surface area contributed by atoms with E-state index in [0.29, 0.717) is 28.1 Å². The van der Waals surface area contributed by atoms with Crippen molar-refractivity contribution in [1.29, 1.82) is 0 Å². The summed E-state index contributed by atoms with van der Waals surface area (Å²) in [6.45, 7) is 4.31. The number of pyridine rings is 1. The highest BCUT2D eigenvalue weighted by atomic mass is 35.5. The monoisotopic (exact) mass is 309 g/mol. The van der Waals surface area contributed by atoms with Gasteiger partial charge in [0, 0.05) is 12.6 Å². The van der Waals surface area contributed by atoms with Gasteiger partial charge in [0.2, 0.25) is 0 Å². The van der Waals surface area contributed by atoms with Crippen LogP contribution in [0.25, 0.3) is 0 Å². The van der Waals surface area contributed by atoms with Gasteiger partial charge in [0.15, 0.2) is 0 Å². The summed E-state index contributed by atoms with van der Waals surface area (Å²) in [5.74, 6) is 0.501. The van der Waals surface area contributed by atoms with E-state index in [4.69, 9.17) is 23.2 Å². The molecule has 0 aliphatic rings. The topological polar surface area (TPSA) is 33.1 Å². The Kier molecular flexibility index (Phi) is 5.03. The molecule has 0 fully saturated rings. The lowest BCUT2D eigenvalue weighted by atomic mass is 9.99. The smallest absolute Gasteiger partial charge is 0.101 e. The molecule has 0 radical (unpaired) electrons. The molecule has 0 saturated carbocycles. The van der Waals surface area contributed by atoms with Crippen molar-refractivity contribution in [2.75, 3.05) is 0 Å². The Balaban J connectivity index is 2.12. The number of aromatic nitrogens is 1. The Bertz CT molecular complexity index is 582. The summed E-state index contributed by atoms with van der Waals surface area (Å²) in [5.41, 5.74) is 2.80. The summed E-state index contributed by atoms with van der Waals surface area (Å²) < 4.78 is 0. The normalized spacial score (nSPS) is 12.7. The van der Waals surface area contributed by atoms with Crippen LogP contribution >= 0.6 is 23.2 Å². The van der Waals surface area contributed by atoms with Gasteiger partial charge in [-0.15, -0.1) is 0 Å². The largest absolute Gasteiger partial charge is 0.386 e. The molecule has 2 nitrogen and oxygen atoms in total. The molecule has 1 N–H and O–H groups in total. The second-order valence-corrected chi connectivity index (χ2v) is 5.98. The second-order valence-electron chi connectivity index (χ2n) is 5.14. The number of nitrogens with zero attached hydrogens (tertiary/aromatic N) is 1. The van der Waals surface area contributed by atoms with E-state index in [1.54, 1.807) is 6.07 Å². The first kappa shape index (κ1) is 15.3. The quantitative estimate of drug-likeness (QED) is 0.881. The summed E-state index contributed by atoms with van der Waals surface area (Å²) >= 11 is 11.9.